The van der Waals surface area contributed by atoms with Gasteiger partial charge >= 0.3 is 17.9 Å². The number of carboxylic acids is 1. The number of likely N-dealkylation sites (N-methyl/N-ethyl adjacent to an activating group) is 1. The summed E-state index contributed by atoms with van der Waals surface area (Å²) in [6.07, 6.45) is 85.4. The molecule has 0 fully saturated rings. The molecule has 0 aromatic rings. The highest BCUT2D eigenvalue weighted by Crippen LogP contribution is 2.19. The highest BCUT2D eigenvalue weighted by molar-refractivity contribution is 5.71. The Morgan fingerprint density at radius 1 is 0.360 bits per heavy atom. The molecule has 0 radical (unpaired) electrons. The third kappa shape index (κ3) is 68.7. The minimum Gasteiger partial charge on any atom is -0.477 e. The van der Waals surface area contributed by atoms with Gasteiger partial charge in [-0.2, -0.15) is 0 Å². The molecule has 0 amide bonds. The van der Waals surface area contributed by atoms with Crippen molar-refractivity contribution in [3.8, 4) is 0 Å². The van der Waals surface area contributed by atoms with Crippen LogP contribution in [-0.4, -0.2) is 87.4 Å². The molecular formula is C77H144NO8+. The number of carbonyl (C=O) groups excluding carboxylic acids is 2. The van der Waals surface area contributed by atoms with E-state index in [1.165, 1.54) is 276 Å². The van der Waals surface area contributed by atoms with Crippen LogP contribution < -0.4 is 0 Å². The molecule has 0 spiro atoms. The number of hydrogen-bond donors (Lipinski definition) is 1. The summed E-state index contributed by atoms with van der Waals surface area (Å²) in [5, 5.41) is 9.76. The highest BCUT2D eigenvalue weighted by atomic mass is 16.7. The van der Waals surface area contributed by atoms with E-state index in [1.54, 1.807) is 0 Å². The molecule has 0 aromatic carbocycles. The van der Waals surface area contributed by atoms with Gasteiger partial charge in [0.15, 0.2) is 6.10 Å². The summed E-state index contributed by atoms with van der Waals surface area (Å²) >= 11 is 0. The largest absolute Gasteiger partial charge is 0.477 e. The van der Waals surface area contributed by atoms with E-state index < -0.39 is 18.4 Å². The summed E-state index contributed by atoms with van der Waals surface area (Å²) in [5.74, 6) is -1.98. The zero-order valence-corrected chi connectivity index (χ0v) is 57.7. The molecule has 1 N–H and O–H groups in total. The zero-order valence-electron chi connectivity index (χ0n) is 57.7. The number of ether oxygens (including phenoxy) is 4. The van der Waals surface area contributed by atoms with Gasteiger partial charge in [0.25, 0.3) is 6.29 Å². The number of rotatable bonds is 70. The fraction of sp³-hybridized carbons (Fsp3) is 0.857. The fourth-order valence-corrected chi connectivity index (χ4v) is 11.2. The summed E-state index contributed by atoms with van der Waals surface area (Å²) in [5.41, 5.74) is 0. The van der Waals surface area contributed by atoms with Gasteiger partial charge in [-0.3, -0.25) is 9.59 Å². The summed E-state index contributed by atoms with van der Waals surface area (Å²) in [6.45, 7) is 4.83. The van der Waals surface area contributed by atoms with E-state index in [4.69, 9.17) is 18.9 Å². The van der Waals surface area contributed by atoms with Crippen LogP contribution in [0.15, 0.2) is 48.6 Å². The Balaban J connectivity index is 4.01. The Kier molecular flexibility index (Phi) is 66.0. The van der Waals surface area contributed by atoms with Crippen molar-refractivity contribution in [1.82, 2.24) is 0 Å². The average Bonchev–Trinajstić information content (AvgIpc) is 3.64. The van der Waals surface area contributed by atoms with E-state index in [0.29, 0.717) is 17.4 Å². The lowest BCUT2D eigenvalue weighted by Gasteiger charge is -2.25. The van der Waals surface area contributed by atoms with Crippen molar-refractivity contribution in [3.05, 3.63) is 48.6 Å². The van der Waals surface area contributed by atoms with Crippen LogP contribution in [0, 0.1) is 0 Å². The van der Waals surface area contributed by atoms with E-state index in [2.05, 4.69) is 62.5 Å². The minimum absolute atomic E-state index is 0.178. The van der Waals surface area contributed by atoms with Gasteiger partial charge in [0.2, 0.25) is 0 Å². The number of allylic oxidation sites excluding steroid dienone is 8. The van der Waals surface area contributed by atoms with Crippen LogP contribution in [0.4, 0.5) is 0 Å². The highest BCUT2D eigenvalue weighted by Gasteiger charge is 2.25. The molecule has 9 nitrogen and oxygen atoms in total. The number of quaternary nitrogens is 1. The van der Waals surface area contributed by atoms with E-state index >= 15 is 0 Å². The fourth-order valence-electron chi connectivity index (χ4n) is 11.2. The molecule has 504 valence electrons. The second-order valence-corrected chi connectivity index (χ2v) is 26.6. The molecule has 9 heteroatoms. The van der Waals surface area contributed by atoms with Gasteiger partial charge < -0.3 is 28.5 Å². The van der Waals surface area contributed by atoms with Crippen LogP contribution in [0.3, 0.4) is 0 Å². The number of esters is 2. The second-order valence-electron chi connectivity index (χ2n) is 26.6. The van der Waals surface area contributed by atoms with Crippen molar-refractivity contribution in [3.63, 3.8) is 0 Å². The summed E-state index contributed by atoms with van der Waals surface area (Å²) in [6, 6.07) is 0. The third-order valence-electron chi connectivity index (χ3n) is 16.8. The number of hydrogen-bond acceptors (Lipinski definition) is 7. The Bertz CT molecular complexity index is 1550. The van der Waals surface area contributed by atoms with Gasteiger partial charge in [0, 0.05) is 12.8 Å². The first kappa shape index (κ1) is 83.2. The zero-order chi connectivity index (χ0) is 62.6. The average molecular weight is 1210 g/mol. The first-order chi connectivity index (χ1) is 42.1. The number of aliphatic carboxylic acids is 1. The first-order valence-corrected chi connectivity index (χ1v) is 37.3. The van der Waals surface area contributed by atoms with Crippen molar-refractivity contribution >= 4 is 17.9 Å². The lowest BCUT2D eigenvalue weighted by Crippen LogP contribution is -2.40. The van der Waals surface area contributed by atoms with Gasteiger partial charge in [-0.25, -0.2) is 4.79 Å². The van der Waals surface area contributed by atoms with Gasteiger partial charge in [-0.05, 0) is 51.4 Å². The molecule has 0 saturated heterocycles. The van der Waals surface area contributed by atoms with Crippen molar-refractivity contribution in [2.24, 2.45) is 0 Å². The SMILES string of the molecule is CC/C=C\C/C=C\C/C=C\C/C=C\CCCCCCCCCCCCCCCCC(=O)OC(COC(=O)CCCCCCCCCCCCCCCCCCCCCCCCCCCCCCCCCCCC)COC(OCC[N+](C)(C)C)C(=O)O. The standard InChI is InChI=1S/C77H143NO8/c1-6-8-10-12-14-16-18-20-22-24-26-28-30-32-34-35-36-37-38-39-40-42-43-45-47-49-51-53-55-57-59-61-63-65-67-74(79)84-71-73(72-85-77(76(81)82)83-70-69-78(3,4)5)86-75(80)68-66-64-62-60-58-56-54-52-50-48-46-44-41-33-31-29-27-25-23-21-19-17-15-13-11-9-7-2/h9,11,15,17,21,23,27,29,73,77H,6-8,10,12-14,16,18-20,22,24-26,28,30-72H2,1-5H3/p+1/b11-9-,17-15-,23-21-,29-27-. The van der Waals surface area contributed by atoms with Crippen molar-refractivity contribution in [2.45, 2.75) is 379 Å². The molecule has 0 aliphatic heterocycles. The Morgan fingerprint density at radius 3 is 0.988 bits per heavy atom. The molecule has 0 aliphatic rings. The van der Waals surface area contributed by atoms with Crippen LogP contribution in [0.5, 0.6) is 0 Å². The molecular weight excluding hydrogens is 1070 g/mol. The van der Waals surface area contributed by atoms with E-state index in [-0.39, 0.29) is 38.2 Å². The third-order valence-corrected chi connectivity index (χ3v) is 16.8. The summed E-state index contributed by atoms with van der Waals surface area (Å²) < 4.78 is 23.0. The maximum Gasteiger partial charge on any atom is 0.361 e. The normalized spacial score (nSPS) is 12.9. The molecule has 0 rings (SSSR count). The minimum atomic E-state index is -1.51. The number of carbonyl (C=O) groups is 3. The molecule has 2 atom stereocenters. The Labute approximate surface area is 533 Å². The van der Waals surface area contributed by atoms with Crippen LogP contribution in [-0.2, 0) is 33.3 Å². The molecule has 0 aliphatic carbocycles. The topological polar surface area (TPSA) is 108 Å². The van der Waals surface area contributed by atoms with Crippen molar-refractivity contribution < 1.29 is 42.9 Å². The summed E-state index contributed by atoms with van der Waals surface area (Å²) in [4.78, 5) is 37.7. The Hall–Kier alpha value is -2.75. The van der Waals surface area contributed by atoms with E-state index in [1.807, 2.05) is 21.1 Å². The smallest absolute Gasteiger partial charge is 0.361 e. The van der Waals surface area contributed by atoms with Gasteiger partial charge in [0.05, 0.1) is 34.4 Å². The van der Waals surface area contributed by atoms with Crippen LogP contribution in [0.2, 0.25) is 0 Å². The number of carboxylic acid groups (broad SMARTS) is 1. The first-order valence-electron chi connectivity index (χ1n) is 37.3. The molecule has 0 heterocycles. The molecule has 86 heavy (non-hydrogen) atoms. The predicted molar refractivity (Wildman–Crippen MR) is 369 cm³/mol. The van der Waals surface area contributed by atoms with Crippen LogP contribution >= 0.6 is 0 Å². The maximum atomic E-state index is 13.0. The quantitative estimate of drug-likeness (QED) is 0.0211. The lowest BCUT2D eigenvalue weighted by atomic mass is 10.0. The summed E-state index contributed by atoms with van der Waals surface area (Å²) in [7, 11) is 5.99. The van der Waals surface area contributed by atoms with E-state index in [9.17, 15) is 19.5 Å². The molecule has 2 unspecified atom stereocenters. The van der Waals surface area contributed by atoms with Gasteiger partial charge in [-0.1, -0.05) is 351 Å². The number of unbranched alkanes of at least 4 members (excludes halogenated alkanes) is 47. The Morgan fingerprint density at radius 2 is 0.663 bits per heavy atom. The van der Waals surface area contributed by atoms with Crippen LogP contribution in [0.1, 0.15) is 367 Å². The molecule has 0 aromatic heterocycles. The van der Waals surface area contributed by atoms with Gasteiger partial charge in [0.1, 0.15) is 13.2 Å². The van der Waals surface area contributed by atoms with E-state index in [0.717, 1.165) is 64.2 Å². The van der Waals surface area contributed by atoms with Crippen molar-refractivity contribution in [1.29, 1.82) is 0 Å². The van der Waals surface area contributed by atoms with Crippen LogP contribution in [0.25, 0.3) is 0 Å². The predicted octanol–water partition coefficient (Wildman–Crippen LogP) is 23.3. The second kappa shape index (κ2) is 68.2. The molecule has 0 bridgehead atoms. The maximum absolute atomic E-state index is 13.0. The molecule has 0 saturated carbocycles. The number of nitrogens with zero attached hydrogens (tertiary/aromatic N) is 1. The van der Waals surface area contributed by atoms with Gasteiger partial charge in [-0.15, -0.1) is 0 Å². The monoisotopic (exact) mass is 1210 g/mol. The lowest BCUT2D eigenvalue weighted by molar-refractivity contribution is -0.870. The van der Waals surface area contributed by atoms with Crippen molar-refractivity contribution in [2.75, 3.05) is 47.5 Å².